The van der Waals surface area contributed by atoms with Crippen LogP contribution in [0.4, 0.5) is 11.4 Å². The van der Waals surface area contributed by atoms with Gasteiger partial charge in [0.1, 0.15) is 5.25 Å². The molecule has 37 heavy (non-hydrogen) atoms. The number of thioether (sulfide) groups is 1. The van der Waals surface area contributed by atoms with Gasteiger partial charge >= 0.3 is 0 Å². The average molecular weight is 513 g/mol. The first-order valence-electron chi connectivity index (χ1n) is 11.7. The minimum atomic E-state index is -0.488. The molecular weight excluding hydrogens is 484 g/mol. The summed E-state index contributed by atoms with van der Waals surface area (Å²) in [5.41, 5.74) is 3.72. The Morgan fingerprint density at radius 3 is 2.22 bits per heavy atom. The highest BCUT2D eigenvalue weighted by Gasteiger charge is 2.23. The molecule has 1 unspecified atom stereocenters. The van der Waals surface area contributed by atoms with Crippen LogP contribution in [0.1, 0.15) is 26.7 Å². The van der Waals surface area contributed by atoms with Crippen LogP contribution in [-0.2, 0) is 4.79 Å². The van der Waals surface area contributed by atoms with Gasteiger partial charge in [-0.25, -0.2) is 0 Å². The van der Waals surface area contributed by atoms with Crippen LogP contribution in [-0.4, -0.2) is 26.0 Å². The predicted molar refractivity (Wildman–Crippen MR) is 149 cm³/mol. The van der Waals surface area contributed by atoms with Crippen LogP contribution in [0.25, 0.3) is 0 Å². The lowest BCUT2D eigenvalue weighted by molar-refractivity contribution is -0.115. The summed E-state index contributed by atoms with van der Waals surface area (Å²) >= 11 is 1.42. The summed E-state index contributed by atoms with van der Waals surface area (Å²) in [4.78, 5) is 27.2. The number of rotatable bonds is 9. The molecule has 4 rings (SSSR count). The molecule has 0 radical (unpaired) electrons. The van der Waals surface area contributed by atoms with Crippen LogP contribution in [0.5, 0.6) is 11.5 Å². The third kappa shape index (κ3) is 6.51. The van der Waals surface area contributed by atoms with E-state index < -0.39 is 5.25 Å². The highest BCUT2D eigenvalue weighted by atomic mass is 32.2. The first-order chi connectivity index (χ1) is 18.0. The number of carbonyl (C=O) groups is 2. The van der Waals surface area contributed by atoms with Crippen molar-refractivity contribution in [1.29, 1.82) is 0 Å². The molecule has 0 bridgehead atoms. The van der Waals surface area contributed by atoms with Gasteiger partial charge in [-0.2, -0.15) is 0 Å². The van der Waals surface area contributed by atoms with Crippen LogP contribution in [0.3, 0.4) is 0 Å². The Hall–Kier alpha value is -4.23. The highest BCUT2D eigenvalue weighted by molar-refractivity contribution is 8.00. The van der Waals surface area contributed by atoms with Crippen molar-refractivity contribution in [1.82, 2.24) is 0 Å². The fraction of sp³-hybridized carbons (Fsp3) is 0.133. The summed E-state index contributed by atoms with van der Waals surface area (Å²) in [7, 11) is 3.07. The van der Waals surface area contributed by atoms with E-state index in [-0.39, 0.29) is 11.8 Å². The molecule has 0 spiro atoms. The van der Waals surface area contributed by atoms with Gasteiger partial charge in [0, 0.05) is 21.8 Å². The number of hydrogen-bond donors (Lipinski definition) is 2. The zero-order valence-electron chi connectivity index (χ0n) is 20.9. The number of nitrogens with one attached hydrogen (secondary N) is 2. The van der Waals surface area contributed by atoms with E-state index >= 15 is 0 Å². The smallest absolute Gasteiger partial charge is 0.255 e. The van der Waals surface area contributed by atoms with E-state index in [4.69, 9.17) is 9.47 Å². The van der Waals surface area contributed by atoms with Crippen LogP contribution in [0.15, 0.2) is 102 Å². The van der Waals surface area contributed by atoms with E-state index in [1.54, 1.807) is 25.3 Å². The Morgan fingerprint density at radius 1 is 0.757 bits per heavy atom. The predicted octanol–water partition coefficient (Wildman–Crippen LogP) is 6.74. The Kier molecular flexibility index (Phi) is 8.48. The molecule has 4 aromatic rings. The van der Waals surface area contributed by atoms with Crippen molar-refractivity contribution < 1.29 is 19.1 Å². The summed E-state index contributed by atoms with van der Waals surface area (Å²) in [6, 6.07) is 29.8. The van der Waals surface area contributed by atoms with E-state index in [1.807, 2.05) is 85.8 Å². The standard InChI is InChI=1S/C30H28N2O4S/c1-20-10-7-8-15-25(20)32-30(34)28(21-11-5-4-6-12-21)37-24-14-9-13-23(19-24)31-29(33)22-16-17-26(35-2)27(18-22)36-3/h4-19,28H,1-3H3,(H,31,33)(H,32,34). The molecule has 1 atom stereocenters. The summed E-state index contributed by atoms with van der Waals surface area (Å²) in [6.45, 7) is 1.96. The van der Waals surface area contributed by atoms with Crippen molar-refractivity contribution in [2.24, 2.45) is 0 Å². The number of carbonyl (C=O) groups excluding carboxylic acids is 2. The van der Waals surface area contributed by atoms with Crippen LogP contribution in [0, 0.1) is 6.92 Å². The molecule has 2 N–H and O–H groups in total. The van der Waals surface area contributed by atoms with E-state index in [0.717, 1.165) is 21.7 Å². The SMILES string of the molecule is COc1ccc(C(=O)Nc2cccc(SC(C(=O)Nc3ccccc3C)c3ccccc3)c2)cc1OC. The van der Waals surface area contributed by atoms with E-state index in [0.29, 0.717) is 22.7 Å². The summed E-state index contributed by atoms with van der Waals surface area (Å²) < 4.78 is 10.6. The number of ether oxygens (including phenoxy) is 2. The summed E-state index contributed by atoms with van der Waals surface area (Å²) in [6.07, 6.45) is 0. The molecule has 2 amide bonds. The number of hydrogen-bond acceptors (Lipinski definition) is 5. The lowest BCUT2D eigenvalue weighted by atomic mass is 10.1. The molecule has 0 fully saturated rings. The molecule has 188 valence electrons. The zero-order chi connectivity index (χ0) is 26.2. The van der Waals surface area contributed by atoms with E-state index in [1.165, 1.54) is 18.9 Å². The van der Waals surface area contributed by atoms with Gasteiger partial charge in [-0.1, -0.05) is 54.6 Å². The van der Waals surface area contributed by atoms with Crippen molar-refractivity contribution in [2.75, 3.05) is 24.9 Å². The quantitative estimate of drug-likeness (QED) is 0.243. The maximum Gasteiger partial charge on any atom is 0.255 e. The lowest BCUT2D eigenvalue weighted by Crippen LogP contribution is -2.19. The molecule has 0 aromatic heterocycles. The number of benzene rings is 4. The van der Waals surface area contributed by atoms with Crippen LogP contribution < -0.4 is 20.1 Å². The fourth-order valence-electron chi connectivity index (χ4n) is 3.78. The first-order valence-corrected chi connectivity index (χ1v) is 12.6. The maximum atomic E-state index is 13.4. The lowest BCUT2D eigenvalue weighted by Gasteiger charge is -2.18. The van der Waals surface area contributed by atoms with Crippen LogP contribution >= 0.6 is 11.8 Å². The average Bonchev–Trinajstić information content (AvgIpc) is 2.93. The third-order valence-corrected chi connectivity index (χ3v) is 6.98. The molecule has 7 heteroatoms. The molecular formula is C30H28N2O4S. The number of aryl methyl sites for hydroxylation is 1. The minimum Gasteiger partial charge on any atom is -0.493 e. The molecule has 0 saturated heterocycles. The van der Waals surface area contributed by atoms with Gasteiger partial charge in [-0.15, -0.1) is 11.8 Å². The number of methoxy groups -OCH3 is 2. The largest absolute Gasteiger partial charge is 0.493 e. The Morgan fingerprint density at radius 2 is 1.49 bits per heavy atom. The second kappa shape index (κ2) is 12.1. The Labute approximate surface area is 221 Å². The Bertz CT molecular complexity index is 1390. The molecule has 6 nitrogen and oxygen atoms in total. The molecule has 4 aromatic carbocycles. The van der Waals surface area contributed by atoms with Gasteiger partial charge in [0.25, 0.3) is 5.91 Å². The normalized spacial score (nSPS) is 11.3. The zero-order valence-corrected chi connectivity index (χ0v) is 21.7. The van der Waals surface area contributed by atoms with E-state index in [2.05, 4.69) is 10.6 Å². The van der Waals surface area contributed by atoms with Crippen LogP contribution in [0.2, 0.25) is 0 Å². The first kappa shape index (κ1) is 25.9. The minimum absolute atomic E-state index is 0.120. The molecule has 0 aliphatic heterocycles. The highest BCUT2D eigenvalue weighted by Crippen LogP contribution is 2.37. The second-order valence-electron chi connectivity index (χ2n) is 8.26. The van der Waals surface area contributed by atoms with E-state index in [9.17, 15) is 9.59 Å². The summed E-state index contributed by atoms with van der Waals surface area (Å²) in [5, 5.41) is 5.51. The molecule has 0 aliphatic rings. The third-order valence-electron chi connectivity index (χ3n) is 5.73. The van der Waals surface area contributed by atoms with Crippen molar-refractivity contribution in [3.05, 3.63) is 114 Å². The van der Waals surface area contributed by atoms with Gasteiger partial charge in [-0.3, -0.25) is 9.59 Å². The van der Waals surface area contributed by atoms with Gasteiger partial charge in [-0.05, 0) is 60.5 Å². The van der Waals surface area contributed by atoms with Crippen molar-refractivity contribution in [3.8, 4) is 11.5 Å². The van der Waals surface area contributed by atoms with Crippen molar-refractivity contribution in [2.45, 2.75) is 17.1 Å². The molecule has 0 heterocycles. The van der Waals surface area contributed by atoms with Crippen molar-refractivity contribution >= 4 is 35.0 Å². The van der Waals surface area contributed by atoms with Gasteiger partial charge in [0.15, 0.2) is 11.5 Å². The molecule has 0 aliphatic carbocycles. The summed E-state index contributed by atoms with van der Waals surface area (Å²) in [5.74, 6) is 0.628. The van der Waals surface area contributed by atoms with Gasteiger partial charge in [0.05, 0.1) is 14.2 Å². The Balaban J connectivity index is 1.54. The van der Waals surface area contributed by atoms with Gasteiger partial charge < -0.3 is 20.1 Å². The second-order valence-corrected chi connectivity index (χ2v) is 9.44. The van der Waals surface area contributed by atoms with Crippen molar-refractivity contribution in [3.63, 3.8) is 0 Å². The topological polar surface area (TPSA) is 76.7 Å². The monoisotopic (exact) mass is 512 g/mol. The maximum absolute atomic E-state index is 13.4. The molecule has 0 saturated carbocycles. The number of para-hydroxylation sites is 1. The fourth-order valence-corrected chi connectivity index (χ4v) is 4.86. The number of anilines is 2. The number of amides is 2. The van der Waals surface area contributed by atoms with Gasteiger partial charge in [0.2, 0.25) is 5.91 Å².